The summed E-state index contributed by atoms with van der Waals surface area (Å²) in [7, 11) is 1.70. The normalized spacial score (nSPS) is 23.1. The number of aliphatic hydroxyl groups is 1. The van der Waals surface area contributed by atoms with Crippen LogP contribution in [0.5, 0.6) is 0 Å². The Bertz CT molecular complexity index is 294. The number of carboxylic acids is 1. The van der Waals surface area contributed by atoms with Gasteiger partial charge in [-0.2, -0.15) is 0 Å². The molecule has 0 radical (unpaired) electrons. The molecule has 15 heavy (non-hydrogen) atoms. The fraction of sp³-hybridized carbons (Fsp3) is 0.700. The summed E-state index contributed by atoms with van der Waals surface area (Å²) in [5, 5.41) is 21.6. The van der Waals surface area contributed by atoms with E-state index in [1.54, 1.807) is 18.1 Å². The maximum absolute atomic E-state index is 10.9. The topological polar surface area (TPSA) is 64.0 Å². The second-order valence-corrected chi connectivity index (χ2v) is 4.65. The molecule has 1 aliphatic heterocycles. The van der Waals surface area contributed by atoms with Crippen LogP contribution >= 0.6 is 0 Å². The van der Waals surface area contributed by atoms with Gasteiger partial charge in [-0.25, -0.2) is 9.80 Å². The molecule has 1 aliphatic rings. The SMILES string of the molecule is CN1C(C(=O)O)=CC(CO)N1C(C)(C)C. The van der Waals surface area contributed by atoms with Crippen molar-refractivity contribution in [2.75, 3.05) is 13.7 Å². The van der Waals surface area contributed by atoms with Crippen molar-refractivity contribution in [1.82, 2.24) is 10.0 Å². The molecule has 0 aliphatic carbocycles. The average Bonchev–Trinajstić information content (AvgIpc) is 2.41. The molecular formula is C10H18N2O3. The maximum atomic E-state index is 10.9. The lowest BCUT2D eigenvalue weighted by Gasteiger charge is -2.41. The van der Waals surface area contributed by atoms with Crippen LogP contribution in [0.4, 0.5) is 0 Å². The lowest BCUT2D eigenvalue weighted by molar-refractivity contribution is -0.138. The third kappa shape index (κ3) is 2.13. The fourth-order valence-corrected chi connectivity index (χ4v) is 1.99. The Balaban J connectivity index is 3.00. The first-order valence-electron chi connectivity index (χ1n) is 4.88. The number of hydrogen-bond acceptors (Lipinski definition) is 4. The number of hydrogen-bond donors (Lipinski definition) is 2. The molecule has 1 unspecified atom stereocenters. The van der Waals surface area contributed by atoms with Gasteiger partial charge >= 0.3 is 5.97 Å². The van der Waals surface area contributed by atoms with Gasteiger partial charge in [0, 0.05) is 12.6 Å². The fourth-order valence-electron chi connectivity index (χ4n) is 1.99. The van der Waals surface area contributed by atoms with Crippen LogP contribution in [0, 0.1) is 0 Å². The van der Waals surface area contributed by atoms with Crippen molar-refractivity contribution in [3.05, 3.63) is 11.8 Å². The average molecular weight is 214 g/mol. The second kappa shape index (κ2) is 3.83. The van der Waals surface area contributed by atoms with E-state index >= 15 is 0 Å². The van der Waals surface area contributed by atoms with E-state index < -0.39 is 5.97 Å². The number of carboxylic acid groups (broad SMARTS) is 1. The predicted molar refractivity (Wildman–Crippen MR) is 55.9 cm³/mol. The molecule has 0 fully saturated rings. The van der Waals surface area contributed by atoms with Crippen molar-refractivity contribution < 1.29 is 15.0 Å². The molecule has 0 amide bonds. The minimum atomic E-state index is -0.970. The van der Waals surface area contributed by atoms with Crippen molar-refractivity contribution in [2.45, 2.75) is 32.4 Å². The molecule has 0 saturated heterocycles. The molecule has 0 spiro atoms. The largest absolute Gasteiger partial charge is 0.477 e. The Hall–Kier alpha value is -1.07. The number of aliphatic hydroxyl groups excluding tert-OH is 1. The van der Waals surface area contributed by atoms with Crippen molar-refractivity contribution in [3.8, 4) is 0 Å². The van der Waals surface area contributed by atoms with Crippen molar-refractivity contribution in [1.29, 1.82) is 0 Å². The van der Waals surface area contributed by atoms with Gasteiger partial charge in [0.25, 0.3) is 0 Å². The van der Waals surface area contributed by atoms with E-state index in [4.69, 9.17) is 5.11 Å². The number of likely N-dealkylation sites (N-methyl/N-ethyl adjacent to an activating group) is 1. The summed E-state index contributed by atoms with van der Waals surface area (Å²) in [5.74, 6) is -0.970. The molecular weight excluding hydrogens is 196 g/mol. The van der Waals surface area contributed by atoms with Crippen LogP contribution in [0.3, 0.4) is 0 Å². The van der Waals surface area contributed by atoms with Gasteiger partial charge in [0.15, 0.2) is 0 Å². The van der Waals surface area contributed by atoms with E-state index in [2.05, 4.69) is 0 Å². The highest BCUT2D eigenvalue weighted by Crippen LogP contribution is 2.28. The lowest BCUT2D eigenvalue weighted by Crippen LogP contribution is -2.53. The Morgan fingerprint density at radius 3 is 2.33 bits per heavy atom. The van der Waals surface area contributed by atoms with Crippen LogP contribution in [-0.4, -0.2) is 51.4 Å². The van der Waals surface area contributed by atoms with Gasteiger partial charge in [0.2, 0.25) is 0 Å². The molecule has 0 aromatic heterocycles. The quantitative estimate of drug-likeness (QED) is 0.691. The lowest BCUT2D eigenvalue weighted by atomic mass is 10.1. The highest BCUT2D eigenvalue weighted by atomic mass is 16.4. The summed E-state index contributed by atoms with van der Waals surface area (Å²) in [4.78, 5) is 10.9. The molecule has 86 valence electrons. The van der Waals surface area contributed by atoms with Crippen molar-refractivity contribution >= 4 is 5.97 Å². The summed E-state index contributed by atoms with van der Waals surface area (Å²) in [6.07, 6.45) is 1.58. The summed E-state index contributed by atoms with van der Waals surface area (Å²) in [5.41, 5.74) is -0.0143. The standard InChI is InChI=1S/C10H18N2O3/c1-10(2,3)12-7(6-13)5-8(9(14)15)11(12)4/h5,7,13H,6H2,1-4H3,(H,14,15). The summed E-state index contributed by atoms with van der Waals surface area (Å²) in [6, 6.07) is -0.263. The minimum absolute atomic E-state index is 0.0849. The van der Waals surface area contributed by atoms with E-state index in [1.807, 2.05) is 25.8 Å². The van der Waals surface area contributed by atoms with Crippen molar-refractivity contribution in [3.63, 3.8) is 0 Å². The minimum Gasteiger partial charge on any atom is -0.477 e. The van der Waals surface area contributed by atoms with Crippen molar-refractivity contribution in [2.24, 2.45) is 0 Å². The molecule has 1 atom stereocenters. The number of aliphatic carboxylic acids is 1. The van der Waals surface area contributed by atoms with E-state index in [-0.39, 0.29) is 23.9 Å². The molecule has 1 rings (SSSR count). The summed E-state index contributed by atoms with van der Waals surface area (Å²) in [6.45, 7) is 5.85. The first-order valence-corrected chi connectivity index (χ1v) is 4.88. The smallest absolute Gasteiger partial charge is 0.353 e. The Labute approximate surface area is 89.6 Å². The van der Waals surface area contributed by atoms with Crippen LogP contribution in [0.15, 0.2) is 11.8 Å². The Morgan fingerprint density at radius 1 is 1.53 bits per heavy atom. The van der Waals surface area contributed by atoms with E-state index in [1.165, 1.54) is 0 Å². The van der Waals surface area contributed by atoms with Crippen LogP contribution < -0.4 is 0 Å². The zero-order valence-corrected chi connectivity index (χ0v) is 9.56. The van der Waals surface area contributed by atoms with Gasteiger partial charge in [-0.05, 0) is 26.8 Å². The zero-order valence-electron chi connectivity index (χ0n) is 9.56. The third-order valence-electron chi connectivity index (χ3n) is 2.43. The number of rotatable bonds is 2. The molecule has 1 heterocycles. The van der Waals surface area contributed by atoms with Crippen LogP contribution in [0.1, 0.15) is 20.8 Å². The van der Waals surface area contributed by atoms with E-state index in [9.17, 15) is 9.90 Å². The van der Waals surface area contributed by atoms with Gasteiger partial charge in [-0.1, -0.05) is 0 Å². The first-order chi connectivity index (χ1) is 6.79. The summed E-state index contributed by atoms with van der Waals surface area (Å²) >= 11 is 0. The van der Waals surface area contributed by atoms with E-state index in [0.29, 0.717) is 0 Å². The molecule has 5 heteroatoms. The second-order valence-electron chi connectivity index (χ2n) is 4.65. The molecule has 0 aromatic carbocycles. The van der Waals surface area contributed by atoms with Gasteiger partial charge in [-0.3, -0.25) is 0 Å². The molecule has 0 saturated carbocycles. The monoisotopic (exact) mass is 214 g/mol. The maximum Gasteiger partial charge on any atom is 0.353 e. The molecule has 0 bridgehead atoms. The highest BCUT2D eigenvalue weighted by Gasteiger charge is 2.38. The Kier molecular flexibility index (Phi) is 3.06. The molecule has 2 N–H and O–H groups in total. The number of hydrazine groups is 1. The predicted octanol–water partition coefficient (Wildman–Crippen LogP) is 0.277. The Morgan fingerprint density at radius 2 is 2.07 bits per heavy atom. The highest BCUT2D eigenvalue weighted by molar-refractivity contribution is 5.86. The van der Waals surface area contributed by atoms with E-state index in [0.717, 1.165) is 0 Å². The van der Waals surface area contributed by atoms with Gasteiger partial charge in [0.1, 0.15) is 5.70 Å². The number of carbonyl (C=O) groups is 1. The van der Waals surface area contributed by atoms with Gasteiger partial charge in [0.05, 0.1) is 12.6 Å². The van der Waals surface area contributed by atoms with Crippen LogP contribution in [0.25, 0.3) is 0 Å². The molecule has 5 nitrogen and oxygen atoms in total. The zero-order chi connectivity index (χ0) is 11.8. The first kappa shape index (κ1) is 12.0. The van der Waals surface area contributed by atoms with Crippen LogP contribution in [0.2, 0.25) is 0 Å². The third-order valence-corrected chi connectivity index (χ3v) is 2.43. The van der Waals surface area contributed by atoms with Gasteiger partial charge < -0.3 is 15.2 Å². The molecule has 0 aromatic rings. The number of nitrogens with zero attached hydrogens (tertiary/aromatic N) is 2. The summed E-state index contributed by atoms with van der Waals surface area (Å²) < 4.78 is 0. The van der Waals surface area contributed by atoms with Gasteiger partial charge in [-0.15, -0.1) is 0 Å². The van der Waals surface area contributed by atoms with Crippen LogP contribution in [-0.2, 0) is 4.79 Å².